The Bertz CT molecular complexity index is 1050. The number of alkyl carbamates (subject to hydrolysis) is 1. The van der Waals surface area contributed by atoms with Crippen LogP contribution < -0.4 is 5.32 Å². The molecule has 170 valence electrons. The van der Waals surface area contributed by atoms with Gasteiger partial charge in [0, 0.05) is 41.5 Å². The average Bonchev–Trinajstić information content (AvgIpc) is 3.55. The Morgan fingerprint density at radius 3 is 2.94 bits per heavy atom. The van der Waals surface area contributed by atoms with Crippen molar-refractivity contribution in [3.8, 4) is 0 Å². The smallest absolute Gasteiger partial charge is 0.407 e. The van der Waals surface area contributed by atoms with Crippen LogP contribution in [-0.4, -0.2) is 70.9 Å². The molecule has 2 aromatic heterocycles. The molecule has 4 heterocycles. The highest BCUT2D eigenvalue weighted by Gasteiger charge is 2.37. The molecular weight excluding hydrogens is 446 g/mol. The number of amidine groups is 1. The Morgan fingerprint density at radius 1 is 1.41 bits per heavy atom. The molecule has 1 fully saturated rings. The van der Waals surface area contributed by atoms with E-state index >= 15 is 0 Å². The van der Waals surface area contributed by atoms with Gasteiger partial charge >= 0.3 is 18.6 Å². The highest BCUT2D eigenvalue weighted by molar-refractivity contribution is 7.11. The summed E-state index contributed by atoms with van der Waals surface area (Å²) in [6.45, 7) is -2.10. The Hall–Kier alpha value is -3.35. The molecular formula is C19H20F2N6O4S. The van der Waals surface area contributed by atoms with Gasteiger partial charge in [-0.2, -0.15) is 13.9 Å². The van der Waals surface area contributed by atoms with Crippen LogP contribution >= 0.6 is 11.3 Å². The first kappa shape index (κ1) is 21.9. The number of rotatable bonds is 7. The van der Waals surface area contributed by atoms with Crippen molar-refractivity contribution >= 4 is 34.8 Å². The summed E-state index contributed by atoms with van der Waals surface area (Å²) in [7, 11) is 1.22. The van der Waals surface area contributed by atoms with Gasteiger partial charge in [-0.1, -0.05) is 0 Å². The fourth-order valence-electron chi connectivity index (χ4n) is 3.57. The number of carbonyl (C=O) groups excluding carboxylic acids is 2. The van der Waals surface area contributed by atoms with E-state index in [9.17, 15) is 18.4 Å². The van der Waals surface area contributed by atoms with Crippen LogP contribution in [0.1, 0.15) is 23.7 Å². The second kappa shape index (κ2) is 9.42. The topological polar surface area (TPSA) is 111 Å². The molecule has 32 heavy (non-hydrogen) atoms. The van der Waals surface area contributed by atoms with Gasteiger partial charge < -0.3 is 19.7 Å². The van der Waals surface area contributed by atoms with Crippen LogP contribution in [0.2, 0.25) is 0 Å². The minimum Gasteiger partial charge on any atom is -0.468 e. The maximum Gasteiger partial charge on any atom is 0.407 e. The van der Waals surface area contributed by atoms with E-state index in [4.69, 9.17) is 4.74 Å². The van der Waals surface area contributed by atoms with Gasteiger partial charge in [0.25, 0.3) is 0 Å². The van der Waals surface area contributed by atoms with Crippen molar-refractivity contribution in [3.05, 3.63) is 40.2 Å². The number of thiazole rings is 1. The van der Waals surface area contributed by atoms with E-state index in [0.717, 1.165) is 16.3 Å². The lowest BCUT2D eigenvalue weighted by Gasteiger charge is -2.27. The van der Waals surface area contributed by atoms with Crippen LogP contribution in [0, 0.1) is 5.92 Å². The number of methoxy groups -OCH3 is 1. The van der Waals surface area contributed by atoms with Gasteiger partial charge in [-0.25, -0.2) is 14.5 Å². The molecule has 0 bridgehead atoms. The zero-order valence-electron chi connectivity index (χ0n) is 17.0. The van der Waals surface area contributed by atoms with E-state index in [-0.39, 0.29) is 25.6 Å². The van der Waals surface area contributed by atoms with E-state index in [2.05, 4.69) is 25.1 Å². The fourth-order valence-corrected chi connectivity index (χ4v) is 4.23. The molecule has 1 unspecified atom stereocenters. The molecule has 10 nitrogen and oxygen atoms in total. The number of alkyl halides is 2. The molecule has 2 aliphatic rings. The molecule has 1 atom stereocenters. The van der Waals surface area contributed by atoms with Crippen molar-refractivity contribution in [1.29, 1.82) is 0 Å². The highest BCUT2D eigenvalue weighted by atomic mass is 32.1. The third-order valence-electron chi connectivity index (χ3n) is 5.04. The van der Waals surface area contributed by atoms with Crippen molar-refractivity contribution in [2.45, 2.75) is 13.0 Å². The molecule has 4 rings (SSSR count). The predicted octanol–water partition coefficient (Wildman–Crippen LogP) is 2.13. The number of allylic oxidation sites excluding steroid dienone is 1. The van der Waals surface area contributed by atoms with Gasteiger partial charge in [0.15, 0.2) is 10.8 Å². The minimum absolute atomic E-state index is 0.0654. The number of aliphatic imine (C=N–C) groups is 1. The van der Waals surface area contributed by atoms with Crippen LogP contribution in [0.4, 0.5) is 13.6 Å². The number of hydrogen-bond donors (Lipinski definition) is 1. The number of carbonyl (C=O) groups is 2. The monoisotopic (exact) mass is 466 g/mol. The summed E-state index contributed by atoms with van der Waals surface area (Å²) in [4.78, 5) is 34.0. The minimum atomic E-state index is -2.73. The van der Waals surface area contributed by atoms with Crippen LogP contribution in [-0.2, 0) is 14.3 Å². The second-order valence-corrected chi connectivity index (χ2v) is 7.96. The first-order valence-electron chi connectivity index (χ1n) is 9.71. The summed E-state index contributed by atoms with van der Waals surface area (Å²) in [5.74, 6) is 0.0521. The Morgan fingerprint density at radius 2 is 2.25 bits per heavy atom. The third-order valence-corrected chi connectivity index (χ3v) is 5.80. The molecule has 1 amide bonds. The van der Waals surface area contributed by atoms with Gasteiger partial charge in [-0.3, -0.25) is 9.79 Å². The van der Waals surface area contributed by atoms with E-state index < -0.39 is 18.6 Å². The van der Waals surface area contributed by atoms with Crippen molar-refractivity contribution < 1.29 is 27.8 Å². The van der Waals surface area contributed by atoms with E-state index in [1.807, 2.05) is 10.3 Å². The number of hydrogen-bond acceptors (Lipinski definition) is 9. The number of amides is 1. The van der Waals surface area contributed by atoms with Crippen molar-refractivity contribution in [1.82, 2.24) is 25.0 Å². The molecule has 0 spiro atoms. The lowest BCUT2D eigenvalue weighted by Crippen LogP contribution is -2.34. The first-order chi connectivity index (χ1) is 15.5. The third kappa shape index (κ3) is 4.61. The van der Waals surface area contributed by atoms with Crippen LogP contribution in [0.5, 0.6) is 0 Å². The molecule has 13 heteroatoms. The maximum atomic E-state index is 13.0. The van der Waals surface area contributed by atoms with E-state index in [0.29, 0.717) is 29.2 Å². The Balaban J connectivity index is 1.51. The predicted molar refractivity (Wildman–Crippen MR) is 110 cm³/mol. The SMILES string of the molecule is COC(=O)CNC(=O)OCC1CC2=C(c3ccn(C(F)F)n3)CN=C(c3nccs3)N2C1. The van der Waals surface area contributed by atoms with E-state index in [1.165, 1.54) is 24.6 Å². The van der Waals surface area contributed by atoms with Crippen molar-refractivity contribution in [2.24, 2.45) is 10.9 Å². The van der Waals surface area contributed by atoms with Crippen LogP contribution in [0.25, 0.3) is 5.57 Å². The molecule has 0 aromatic carbocycles. The summed E-state index contributed by atoms with van der Waals surface area (Å²) < 4.78 is 36.3. The van der Waals surface area contributed by atoms with Gasteiger partial charge in [0.05, 0.1) is 26.0 Å². The van der Waals surface area contributed by atoms with Crippen LogP contribution in [0.15, 0.2) is 34.5 Å². The molecule has 2 aromatic rings. The summed E-state index contributed by atoms with van der Waals surface area (Å²) in [5, 5.41) is 8.91. The van der Waals surface area contributed by atoms with E-state index in [1.54, 1.807) is 12.3 Å². The first-order valence-corrected chi connectivity index (χ1v) is 10.6. The number of esters is 1. The standard InChI is InChI=1S/C19H20F2N6O4S/c1-30-15(28)8-24-19(29)31-10-11-6-14-12(13-2-4-27(25-13)18(20)21)7-23-16(26(14)9-11)17-22-3-5-32-17/h2-5,11,18H,6-10H2,1H3,(H,24,29). The molecule has 1 saturated heterocycles. The van der Waals surface area contributed by atoms with Crippen LogP contribution in [0.3, 0.4) is 0 Å². The summed E-state index contributed by atoms with van der Waals surface area (Å²) in [5.41, 5.74) is 2.08. The lowest BCUT2D eigenvalue weighted by atomic mass is 10.0. The van der Waals surface area contributed by atoms with Gasteiger partial charge in [-0.15, -0.1) is 11.3 Å². The zero-order valence-corrected chi connectivity index (χ0v) is 17.8. The summed E-state index contributed by atoms with van der Waals surface area (Å²) in [6.07, 6.45) is 2.75. The van der Waals surface area contributed by atoms with Gasteiger partial charge in [0.1, 0.15) is 6.54 Å². The van der Waals surface area contributed by atoms with Gasteiger partial charge in [0.2, 0.25) is 0 Å². The molecule has 0 radical (unpaired) electrons. The number of ether oxygens (including phenoxy) is 2. The Labute approximate surface area is 185 Å². The largest absolute Gasteiger partial charge is 0.468 e. The molecule has 0 saturated carbocycles. The van der Waals surface area contributed by atoms with Crippen molar-refractivity contribution in [3.63, 3.8) is 0 Å². The number of halogens is 2. The fraction of sp³-hybridized carbons (Fsp3) is 0.421. The van der Waals surface area contributed by atoms with Crippen molar-refractivity contribution in [2.75, 3.05) is 33.4 Å². The second-order valence-electron chi connectivity index (χ2n) is 7.07. The normalized spacial score (nSPS) is 17.9. The molecule has 1 N–H and O–H groups in total. The number of fused-ring (bicyclic) bond motifs is 1. The quantitative estimate of drug-likeness (QED) is 0.623. The highest BCUT2D eigenvalue weighted by Crippen LogP contribution is 2.37. The van der Waals surface area contributed by atoms with Gasteiger partial charge in [-0.05, 0) is 12.5 Å². The average molecular weight is 466 g/mol. The zero-order chi connectivity index (χ0) is 22.7. The number of nitrogens with one attached hydrogen (secondary N) is 1. The number of nitrogens with zero attached hydrogens (tertiary/aromatic N) is 5. The Kier molecular flexibility index (Phi) is 6.44. The number of aromatic nitrogens is 3. The summed E-state index contributed by atoms with van der Waals surface area (Å²) >= 11 is 1.45. The maximum absolute atomic E-state index is 13.0. The summed E-state index contributed by atoms with van der Waals surface area (Å²) in [6, 6.07) is 1.54. The molecule has 2 aliphatic heterocycles. The molecule has 0 aliphatic carbocycles. The lowest BCUT2D eigenvalue weighted by molar-refractivity contribution is -0.139.